The van der Waals surface area contributed by atoms with Crippen molar-refractivity contribution in [3.8, 4) is 11.5 Å². The zero-order valence-corrected chi connectivity index (χ0v) is 24.3. The van der Waals surface area contributed by atoms with Gasteiger partial charge in [-0.05, 0) is 71.8 Å². The van der Waals surface area contributed by atoms with E-state index in [4.69, 9.17) is 9.47 Å². The van der Waals surface area contributed by atoms with Gasteiger partial charge in [0.05, 0.1) is 7.11 Å². The summed E-state index contributed by atoms with van der Waals surface area (Å²) in [5, 5.41) is 0. The minimum atomic E-state index is -0.214. The monoisotopic (exact) mass is 553 g/mol. The molecule has 1 aliphatic heterocycles. The first-order valence-electron chi connectivity index (χ1n) is 15.0. The summed E-state index contributed by atoms with van der Waals surface area (Å²) in [6.45, 7) is 3.09. The third-order valence-corrected chi connectivity index (χ3v) is 8.50. The lowest BCUT2D eigenvalue weighted by atomic mass is 9.76. The van der Waals surface area contributed by atoms with E-state index in [1.54, 1.807) is 7.11 Å². The van der Waals surface area contributed by atoms with Gasteiger partial charge >= 0.3 is 0 Å². The van der Waals surface area contributed by atoms with E-state index in [0.29, 0.717) is 11.8 Å². The van der Waals surface area contributed by atoms with Crippen molar-refractivity contribution < 1.29 is 9.47 Å². The molecule has 0 radical (unpaired) electrons. The molecule has 3 nitrogen and oxygen atoms in total. The van der Waals surface area contributed by atoms with Crippen LogP contribution >= 0.6 is 0 Å². The SMILES string of the molecule is COc1cc(CN2CCC(C(c3ccccc3)c3ccccc3)CC2)ccc1OC(c1ccccc1)c1ccccc1. The molecular formula is C39H39NO2. The van der Waals surface area contributed by atoms with Crippen molar-refractivity contribution in [2.24, 2.45) is 5.92 Å². The molecule has 5 aromatic carbocycles. The molecule has 1 aliphatic rings. The van der Waals surface area contributed by atoms with Gasteiger partial charge in [-0.3, -0.25) is 4.90 Å². The van der Waals surface area contributed by atoms with E-state index in [2.05, 4.69) is 132 Å². The predicted molar refractivity (Wildman–Crippen MR) is 171 cm³/mol. The van der Waals surface area contributed by atoms with E-state index < -0.39 is 0 Å². The van der Waals surface area contributed by atoms with Crippen LogP contribution in [0, 0.1) is 5.92 Å². The Morgan fingerprint density at radius 2 is 1.07 bits per heavy atom. The van der Waals surface area contributed by atoms with Crippen LogP contribution in [0.1, 0.15) is 52.7 Å². The van der Waals surface area contributed by atoms with Crippen LogP contribution in [0.3, 0.4) is 0 Å². The van der Waals surface area contributed by atoms with Crippen molar-refractivity contribution in [2.45, 2.75) is 31.4 Å². The van der Waals surface area contributed by atoms with Crippen molar-refractivity contribution in [1.29, 1.82) is 0 Å². The van der Waals surface area contributed by atoms with Crippen molar-refractivity contribution in [3.63, 3.8) is 0 Å². The average molecular weight is 554 g/mol. The molecule has 3 heteroatoms. The molecule has 212 valence electrons. The topological polar surface area (TPSA) is 21.7 Å². The molecule has 1 saturated heterocycles. The highest BCUT2D eigenvalue weighted by Gasteiger charge is 2.29. The highest BCUT2D eigenvalue weighted by Crippen LogP contribution is 2.39. The van der Waals surface area contributed by atoms with E-state index in [-0.39, 0.29) is 6.10 Å². The Bertz CT molecular complexity index is 1440. The Balaban J connectivity index is 1.14. The van der Waals surface area contributed by atoms with Gasteiger partial charge in [0.2, 0.25) is 0 Å². The fourth-order valence-electron chi connectivity index (χ4n) is 6.38. The lowest BCUT2D eigenvalue weighted by Crippen LogP contribution is -2.35. The van der Waals surface area contributed by atoms with Crippen LogP contribution in [-0.4, -0.2) is 25.1 Å². The first-order valence-corrected chi connectivity index (χ1v) is 15.0. The lowest BCUT2D eigenvalue weighted by molar-refractivity contribution is 0.168. The summed E-state index contributed by atoms with van der Waals surface area (Å²) < 4.78 is 12.5. The fraction of sp³-hybridized carbons (Fsp3) is 0.231. The van der Waals surface area contributed by atoms with Gasteiger partial charge in [-0.15, -0.1) is 0 Å². The predicted octanol–water partition coefficient (Wildman–Crippen LogP) is 8.91. The fourth-order valence-corrected chi connectivity index (χ4v) is 6.38. The smallest absolute Gasteiger partial charge is 0.162 e. The first-order chi connectivity index (χ1) is 20.8. The van der Waals surface area contributed by atoms with E-state index in [9.17, 15) is 0 Å². The van der Waals surface area contributed by atoms with Crippen LogP contribution in [-0.2, 0) is 6.54 Å². The first kappa shape index (κ1) is 27.8. The molecule has 0 spiro atoms. The number of methoxy groups -OCH3 is 1. The van der Waals surface area contributed by atoms with E-state index >= 15 is 0 Å². The van der Waals surface area contributed by atoms with E-state index in [1.165, 1.54) is 29.5 Å². The second-order valence-electron chi connectivity index (χ2n) is 11.2. The van der Waals surface area contributed by atoms with Gasteiger partial charge in [0.15, 0.2) is 11.5 Å². The number of nitrogens with zero attached hydrogens (tertiary/aromatic N) is 1. The number of benzene rings is 5. The van der Waals surface area contributed by atoms with E-state index in [0.717, 1.165) is 42.3 Å². The minimum absolute atomic E-state index is 0.214. The van der Waals surface area contributed by atoms with Gasteiger partial charge in [0.1, 0.15) is 6.10 Å². The van der Waals surface area contributed by atoms with Crippen molar-refractivity contribution in [3.05, 3.63) is 167 Å². The molecular weight excluding hydrogens is 514 g/mol. The summed E-state index contributed by atoms with van der Waals surface area (Å²) in [6.07, 6.45) is 2.15. The average Bonchev–Trinajstić information content (AvgIpc) is 3.07. The molecule has 0 aromatic heterocycles. The van der Waals surface area contributed by atoms with Crippen LogP contribution in [0.25, 0.3) is 0 Å². The molecule has 6 rings (SSSR count). The van der Waals surface area contributed by atoms with Gasteiger partial charge in [0, 0.05) is 12.5 Å². The maximum Gasteiger partial charge on any atom is 0.162 e. The zero-order valence-electron chi connectivity index (χ0n) is 24.3. The third kappa shape index (κ3) is 6.58. The standard InChI is InChI=1S/C39H39NO2/c1-41-37-28-30(22-23-36(37)42-39(34-18-10-4-11-19-34)35-20-12-5-13-21-35)29-40-26-24-33(25-27-40)38(31-14-6-2-7-15-31)32-16-8-3-9-17-32/h2-23,28,33,38-39H,24-27,29H2,1H3. The van der Waals surface area contributed by atoms with Crippen LogP contribution in [0.15, 0.2) is 140 Å². The Labute approximate surface area is 250 Å². The highest BCUT2D eigenvalue weighted by molar-refractivity contribution is 5.44. The number of hydrogen-bond donors (Lipinski definition) is 0. The number of ether oxygens (including phenoxy) is 2. The van der Waals surface area contributed by atoms with Crippen molar-refractivity contribution in [1.82, 2.24) is 4.90 Å². The molecule has 0 atom stereocenters. The van der Waals surface area contributed by atoms with Gasteiger partial charge in [0.25, 0.3) is 0 Å². The molecule has 5 aromatic rings. The Hall–Kier alpha value is -4.34. The summed E-state index contributed by atoms with van der Waals surface area (Å²) in [5.74, 6) is 2.59. The van der Waals surface area contributed by atoms with Gasteiger partial charge < -0.3 is 9.47 Å². The third-order valence-electron chi connectivity index (χ3n) is 8.50. The number of rotatable bonds is 10. The normalized spacial score (nSPS) is 14.3. The largest absolute Gasteiger partial charge is 0.493 e. The number of piperidine rings is 1. The quantitative estimate of drug-likeness (QED) is 0.172. The van der Waals surface area contributed by atoms with Crippen LogP contribution in [0.4, 0.5) is 0 Å². The number of likely N-dealkylation sites (tertiary alicyclic amines) is 1. The van der Waals surface area contributed by atoms with E-state index in [1.807, 2.05) is 12.1 Å². The second-order valence-corrected chi connectivity index (χ2v) is 11.2. The Morgan fingerprint density at radius 3 is 1.55 bits per heavy atom. The summed E-state index contributed by atoms with van der Waals surface area (Å²) in [6, 6.07) is 49.2. The van der Waals surface area contributed by atoms with Crippen LogP contribution in [0.5, 0.6) is 11.5 Å². The summed E-state index contributed by atoms with van der Waals surface area (Å²) in [5.41, 5.74) is 6.32. The van der Waals surface area contributed by atoms with Crippen LogP contribution in [0.2, 0.25) is 0 Å². The second kappa shape index (κ2) is 13.5. The molecule has 0 aliphatic carbocycles. The maximum atomic E-state index is 6.64. The van der Waals surface area contributed by atoms with Crippen molar-refractivity contribution in [2.75, 3.05) is 20.2 Å². The molecule has 42 heavy (non-hydrogen) atoms. The van der Waals surface area contributed by atoms with Crippen molar-refractivity contribution >= 4 is 0 Å². The molecule has 0 bridgehead atoms. The highest BCUT2D eigenvalue weighted by atomic mass is 16.5. The minimum Gasteiger partial charge on any atom is -0.493 e. The zero-order chi connectivity index (χ0) is 28.6. The molecule has 0 amide bonds. The Morgan fingerprint density at radius 1 is 0.595 bits per heavy atom. The molecule has 1 heterocycles. The summed E-state index contributed by atoms with van der Waals surface area (Å²) in [7, 11) is 1.73. The number of hydrogen-bond acceptors (Lipinski definition) is 3. The molecule has 0 saturated carbocycles. The lowest BCUT2D eigenvalue weighted by Gasteiger charge is -2.36. The summed E-state index contributed by atoms with van der Waals surface area (Å²) in [4.78, 5) is 2.58. The van der Waals surface area contributed by atoms with Gasteiger partial charge in [-0.2, -0.15) is 0 Å². The molecule has 0 unspecified atom stereocenters. The van der Waals surface area contributed by atoms with Gasteiger partial charge in [-0.25, -0.2) is 0 Å². The Kier molecular flexibility index (Phi) is 8.97. The summed E-state index contributed by atoms with van der Waals surface area (Å²) >= 11 is 0. The van der Waals surface area contributed by atoms with Crippen LogP contribution < -0.4 is 9.47 Å². The molecule has 1 fully saturated rings. The maximum absolute atomic E-state index is 6.64. The molecule has 0 N–H and O–H groups in total. The van der Waals surface area contributed by atoms with Gasteiger partial charge in [-0.1, -0.05) is 127 Å².